The van der Waals surface area contributed by atoms with E-state index in [9.17, 15) is 9.59 Å². The third-order valence-corrected chi connectivity index (χ3v) is 4.56. The van der Waals surface area contributed by atoms with Crippen molar-refractivity contribution >= 4 is 34.9 Å². The van der Waals surface area contributed by atoms with Crippen LogP contribution in [-0.4, -0.2) is 35.1 Å². The van der Waals surface area contributed by atoms with E-state index in [4.69, 9.17) is 16.7 Å². The number of carbonyl (C=O) groups excluding carboxylic acids is 1. The molecule has 2 rings (SSSR count). The summed E-state index contributed by atoms with van der Waals surface area (Å²) < 4.78 is 0.668. The van der Waals surface area contributed by atoms with Gasteiger partial charge in [-0.2, -0.15) is 0 Å². The van der Waals surface area contributed by atoms with Crippen LogP contribution in [0.3, 0.4) is 0 Å². The third-order valence-electron chi connectivity index (χ3n) is 3.15. The molecule has 2 N–H and O–H groups in total. The quantitative estimate of drug-likeness (QED) is 0.847. The van der Waals surface area contributed by atoms with Gasteiger partial charge in [0.05, 0.1) is 10.4 Å². The van der Waals surface area contributed by atoms with E-state index in [0.717, 1.165) is 17.7 Å². The van der Waals surface area contributed by atoms with Gasteiger partial charge in [-0.15, -0.1) is 11.3 Å². The van der Waals surface area contributed by atoms with Crippen molar-refractivity contribution in [3.8, 4) is 0 Å². The van der Waals surface area contributed by atoms with Crippen LogP contribution < -0.4 is 5.32 Å². The summed E-state index contributed by atoms with van der Waals surface area (Å²) in [7, 11) is 0. The second-order valence-corrected chi connectivity index (χ2v) is 6.78. The van der Waals surface area contributed by atoms with Gasteiger partial charge in [0.1, 0.15) is 6.54 Å². The number of thiophene rings is 1. The lowest BCUT2D eigenvalue weighted by Crippen LogP contribution is -2.44. The van der Waals surface area contributed by atoms with E-state index in [1.165, 1.54) is 16.2 Å². The zero-order valence-corrected chi connectivity index (χ0v) is 12.7. The number of carbonyl (C=O) groups is 2. The van der Waals surface area contributed by atoms with Crippen molar-refractivity contribution in [1.82, 2.24) is 10.2 Å². The van der Waals surface area contributed by atoms with E-state index in [-0.39, 0.29) is 18.6 Å². The fourth-order valence-corrected chi connectivity index (χ4v) is 2.97. The van der Waals surface area contributed by atoms with Crippen molar-refractivity contribution in [3.05, 3.63) is 21.3 Å². The van der Waals surface area contributed by atoms with E-state index in [1.807, 2.05) is 13.0 Å². The van der Waals surface area contributed by atoms with Crippen LogP contribution in [0.1, 0.15) is 30.7 Å². The molecule has 0 aliphatic heterocycles. The molecule has 0 bridgehead atoms. The van der Waals surface area contributed by atoms with Crippen molar-refractivity contribution in [2.24, 2.45) is 5.92 Å². The highest BCUT2D eigenvalue weighted by Gasteiger charge is 2.28. The zero-order chi connectivity index (χ0) is 14.7. The number of nitrogens with one attached hydrogen (secondary N) is 1. The lowest BCUT2D eigenvalue weighted by Gasteiger charge is -2.23. The summed E-state index contributed by atoms with van der Waals surface area (Å²) in [6.07, 6.45) is 2.14. The molecule has 1 heterocycles. The highest BCUT2D eigenvalue weighted by Crippen LogP contribution is 2.30. The molecule has 1 unspecified atom stereocenters. The molecule has 1 atom stereocenters. The number of aliphatic carboxylic acids is 1. The second-order valence-electron chi connectivity index (χ2n) is 5.03. The number of halogens is 1. The van der Waals surface area contributed by atoms with Gasteiger partial charge in [0.2, 0.25) is 0 Å². The van der Waals surface area contributed by atoms with E-state index >= 15 is 0 Å². The topological polar surface area (TPSA) is 69.6 Å². The first-order chi connectivity index (χ1) is 9.45. The number of rotatable bonds is 6. The number of amides is 2. The SMILES string of the molecule is CC(NC(=O)N(CC(=O)O)CC1CC1)c1ccc(Cl)s1. The molecule has 110 valence electrons. The number of nitrogens with zero attached hydrogens (tertiary/aromatic N) is 1. The van der Waals surface area contributed by atoms with Crippen LogP contribution in [0.4, 0.5) is 4.79 Å². The first-order valence-electron chi connectivity index (χ1n) is 6.48. The summed E-state index contributed by atoms with van der Waals surface area (Å²) in [6, 6.07) is 3.12. The molecular weight excluding hydrogens is 300 g/mol. The van der Waals surface area contributed by atoms with Gasteiger partial charge in [-0.1, -0.05) is 11.6 Å². The van der Waals surface area contributed by atoms with E-state index in [0.29, 0.717) is 16.8 Å². The average molecular weight is 317 g/mol. The lowest BCUT2D eigenvalue weighted by atomic mass is 10.3. The zero-order valence-electron chi connectivity index (χ0n) is 11.1. The van der Waals surface area contributed by atoms with Crippen LogP contribution in [-0.2, 0) is 4.79 Å². The summed E-state index contributed by atoms with van der Waals surface area (Å²) in [4.78, 5) is 25.3. The fourth-order valence-electron chi connectivity index (χ4n) is 1.90. The first-order valence-corrected chi connectivity index (χ1v) is 7.67. The summed E-state index contributed by atoms with van der Waals surface area (Å²) in [5.41, 5.74) is 0. The molecule has 20 heavy (non-hydrogen) atoms. The number of hydrogen-bond acceptors (Lipinski definition) is 3. The first kappa shape index (κ1) is 15.1. The van der Waals surface area contributed by atoms with Gasteiger partial charge in [0.25, 0.3) is 0 Å². The molecule has 1 fully saturated rings. The van der Waals surface area contributed by atoms with E-state index < -0.39 is 5.97 Å². The molecule has 0 aromatic carbocycles. The summed E-state index contributed by atoms with van der Waals surface area (Å²) >= 11 is 7.27. The molecule has 5 nitrogen and oxygen atoms in total. The van der Waals surface area contributed by atoms with Gasteiger partial charge in [0, 0.05) is 11.4 Å². The maximum atomic E-state index is 12.2. The second kappa shape index (κ2) is 6.45. The Kier molecular flexibility index (Phi) is 4.88. The molecule has 1 saturated carbocycles. The molecule has 1 aliphatic rings. The summed E-state index contributed by atoms with van der Waals surface area (Å²) in [6.45, 7) is 2.10. The third kappa shape index (κ3) is 4.38. The Morgan fingerprint density at radius 1 is 1.55 bits per heavy atom. The van der Waals surface area contributed by atoms with E-state index in [2.05, 4.69) is 5.32 Å². The largest absolute Gasteiger partial charge is 0.480 e. The minimum Gasteiger partial charge on any atom is -0.480 e. The Morgan fingerprint density at radius 3 is 2.75 bits per heavy atom. The van der Waals surface area contributed by atoms with Crippen LogP contribution in [0.5, 0.6) is 0 Å². The normalized spacial score (nSPS) is 15.7. The maximum Gasteiger partial charge on any atom is 0.323 e. The Hall–Kier alpha value is -1.27. The summed E-state index contributed by atoms with van der Waals surface area (Å²) in [5, 5.41) is 11.7. The van der Waals surface area contributed by atoms with Crippen molar-refractivity contribution in [3.63, 3.8) is 0 Å². The van der Waals surface area contributed by atoms with Crippen LogP contribution >= 0.6 is 22.9 Å². The van der Waals surface area contributed by atoms with E-state index in [1.54, 1.807) is 6.07 Å². The van der Waals surface area contributed by atoms with Crippen LogP contribution in [0.15, 0.2) is 12.1 Å². The Labute approximate surface area is 126 Å². The summed E-state index contributed by atoms with van der Waals surface area (Å²) in [5.74, 6) is -0.542. The van der Waals surface area contributed by atoms with Crippen molar-refractivity contribution in [1.29, 1.82) is 0 Å². The predicted molar refractivity (Wildman–Crippen MR) is 78.2 cm³/mol. The predicted octanol–water partition coefficient (Wildman–Crippen LogP) is 2.97. The molecule has 1 aliphatic carbocycles. The van der Waals surface area contributed by atoms with Gasteiger partial charge < -0.3 is 15.3 Å². The molecule has 0 spiro atoms. The van der Waals surface area contributed by atoms with Gasteiger partial charge in [-0.25, -0.2) is 4.79 Å². The standard InChI is InChI=1S/C13H17ClN2O3S/c1-8(10-4-5-11(14)20-10)15-13(19)16(7-12(17)18)6-9-2-3-9/h4-5,8-9H,2-3,6-7H2,1H3,(H,15,19)(H,17,18). The minimum atomic E-state index is -0.993. The molecule has 2 amide bonds. The number of urea groups is 1. The molecule has 0 saturated heterocycles. The Morgan fingerprint density at radius 2 is 2.25 bits per heavy atom. The molecule has 0 radical (unpaired) electrons. The smallest absolute Gasteiger partial charge is 0.323 e. The number of hydrogen-bond donors (Lipinski definition) is 2. The van der Waals surface area contributed by atoms with Gasteiger partial charge in [-0.3, -0.25) is 4.79 Å². The lowest BCUT2D eigenvalue weighted by molar-refractivity contribution is -0.137. The number of carboxylic acids is 1. The van der Waals surface area contributed by atoms with Gasteiger partial charge >= 0.3 is 12.0 Å². The Balaban J connectivity index is 1.94. The molecular formula is C13H17ClN2O3S. The van der Waals surface area contributed by atoms with Crippen molar-refractivity contribution in [2.75, 3.05) is 13.1 Å². The maximum absolute atomic E-state index is 12.2. The van der Waals surface area contributed by atoms with Gasteiger partial charge in [0.15, 0.2) is 0 Å². The van der Waals surface area contributed by atoms with Crippen molar-refractivity contribution < 1.29 is 14.7 Å². The number of carboxylic acid groups (broad SMARTS) is 1. The van der Waals surface area contributed by atoms with Crippen LogP contribution in [0.2, 0.25) is 4.34 Å². The fraction of sp³-hybridized carbons (Fsp3) is 0.538. The van der Waals surface area contributed by atoms with Gasteiger partial charge in [-0.05, 0) is 37.8 Å². The molecule has 1 aromatic heterocycles. The Bertz CT molecular complexity index is 502. The highest BCUT2D eigenvalue weighted by molar-refractivity contribution is 7.16. The minimum absolute atomic E-state index is 0.185. The molecule has 7 heteroatoms. The molecule has 1 aromatic rings. The van der Waals surface area contributed by atoms with Crippen LogP contribution in [0.25, 0.3) is 0 Å². The van der Waals surface area contributed by atoms with Crippen molar-refractivity contribution in [2.45, 2.75) is 25.8 Å². The highest BCUT2D eigenvalue weighted by atomic mass is 35.5. The average Bonchev–Trinajstić information content (AvgIpc) is 3.07. The van der Waals surface area contributed by atoms with Crippen LogP contribution in [0, 0.1) is 5.92 Å². The monoisotopic (exact) mass is 316 g/mol.